The number of nitrogens with zero attached hydrogens (tertiary/aromatic N) is 1. The first-order valence-electron chi connectivity index (χ1n) is 7.77. The van der Waals surface area contributed by atoms with Crippen LogP contribution in [0.5, 0.6) is 5.88 Å². The number of benzene rings is 1. The van der Waals surface area contributed by atoms with Gasteiger partial charge in [-0.1, -0.05) is 25.5 Å². The average molecular weight is 269 g/mol. The Labute approximate surface area is 121 Å². The van der Waals surface area contributed by atoms with Crippen molar-refractivity contribution < 1.29 is 4.74 Å². The number of ether oxygens (including phenoxy) is 1. The summed E-state index contributed by atoms with van der Waals surface area (Å²) in [6, 6.07) is 6.73. The van der Waals surface area contributed by atoms with Crippen LogP contribution in [0, 0.1) is 6.92 Å². The van der Waals surface area contributed by atoms with E-state index >= 15 is 0 Å². The molecule has 2 heteroatoms. The van der Waals surface area contributed by atoms with Crippen molar-refractivity contribution in [1.82, 2.24) is 4.98 Å². The number of fused-ring (bicyclic) bond motifs is 2. The SMILES string of the molecule is CCCCc1ccc2c(C)c3c(nc2c1)OC(C)CC3. The third-order valence-corrected chi connectivity index (χ3v) is 4.33. The van der Waals surface area contributed by atoms with E-state index in [9.17, 15) is 0 Å². The van der Waals surface area contributed by atoms with Gasteiger partial charge in [0.1, 0.15) is 0 Å². The van der Waals surface area contributed by atoms with Crippen molar-refractivity contribution in [1.29, 1.82) is 0 Å². The second-order valence-corrected chi connectivity index (χ2v) is 5.94. The third kappa shape index (κ3) is 2.39. The molecule has 106 valence electrons. The molecule has 2 heterocycles. The summed E-state index contributed by atoms with van der Waals surface area (Å²) >= 11 is 0. The van der Waals surface area contributed by atoms with Gasteiger partial charge >= 0.3 is 0 Å². The normalized spacial score (nSPS) is 17.9. The third-order valence-electron chi connectivity index (χ3n) is 4.33. The van der Waals surface area contributed by atoms with Crippen LogP contribution in [0.4, 0.5) is 0 Å². The van der Waals surface area contributed by atoms with E-state index in [0.29, 0.717) is 0 Å². The fourth-order valence-corrected chi connectivity index (χ4v) is 3.01. The maximum Gasteiger partial charge on any atom is 0.217 e. The molecule has 0 saturated carbocycles. The van der Waals surface area contributed by atoms with Crippen molar-refractivity contribution >= 4 is 10.9 Å². The Balaban J connectivity index is 2.07. The molecule has 1 aromatic carbocycles. The van der Waals surface area contributed by atoms with E-state index in [1.165, 1.54) is 34.9 Å². The lowest BCUT2D eigenvalue weighted by molar-refractivity contribution is 0.184. The minimum atomic E-state index is 0.287. The van der Waals surface area contributed by atoms with Gasteiger partial charge in [-0.05, 0) is 56.7 Å². The first-order valence-corrected chi connectivity index (χ1v) is 7.77. The van der Waals surface area contributed by atoms with Crippen LogP contribution in [-0.2, 0) is 12.8 Å². The molecule has 1 aromatic heterocycles. The number of aryl methyl sites for hydroxylation is 2. The zero-order valence-electron chi connectivity index (χ0n) is 12.7. The van der Waals surface area contributed by atoms with Gasteiger partial charge in [0.15, 0.2) is 0 Å². The van der Waals surface area contributed by atoms with Crippen LogP contribution < -0.4 is 4.74 Å². The lowest BCUT2D eigenvalue weighted by atomic mass is 9.96. The molecule has 0 fully saturated rings. The van der Waals surface area contributed by atoms with E-state index in [2.05, 4.69) is 39.0 Å². The molecule has 0 spiro atoms. The monoisotopic (exact) mass is 269 g/mol. The maximum absolute atomic E-state index is 5.93. The van der Waals surface area contributed by atoms with Gasteiger partial charge in [0.25, 0.3) is 0 Å². The molecule has 0 aliphatic carbocycles. The van der Waals surface area contributed by atoms with Gasteiger partial charge in [-0.3, -0.25) is 0 Å². The molecule has 0 amide bonds. The molecule has 2 aromatic rings. The molecular weight excluding hydrogens is 246 g/mol. The highest BCUT2D eigenvalue weighted by Gasteiger charge is 2.20. The molecule has 1 unspecified atom stereocenters. The predicted molar refractivity (Wildman–Crippen MR) is 83.5 cm³/mol. The fraction of sp³-hybridized carbons (Fsp3) is 0.500. The number of pyridine rings is 1. The summed E-state index contributed by atoms with van der Waals surface area (Å²) in [5.74, 6) is 0.862. The molecule has 1 atom stereocenters. The van der Waals surface area contributed by atoms with E-state index < -0.39 is 0 Å². The summed E-state index contributed by atoms with van der Waals surface area (Å²) in [7, 11) is 0. The molecule has 1 aliphatic heterocycles. The quantitative estimate of drug-likeness (QED) is 0.812. The topological polar surface area (TPSA) is 22.1 Å². The molecule has 2 nitrogen and oxygen atoms in total. The molecular formula is C18H23NO. The summed E-state index contributed by atoms with van der Waals surface area (Å²) in [6.07, 6.45) is 6.08. The Morgan fingerprint density at radius 1 is 1.35 bits per heavy atom. The van der Waals surface area contributed by atoms with E-state index in [-0.39, 0.29) is 6.10 Å². The van der Waals surface area contributed by atoms with Crippen molar-refractivity contribution in [3.63, 3.8) is 0 Å². The Hall–Kier alpha value is -1.57. The first-order chi connectivity index (χ1) is 9.69. The van der Waals surface area contributed by atoms with E-state index in [1.54, 1.807) is 0 Å². The van der Waals surface area contributed by atoms with Crippen LogP contribution in [0.2, 0.25) is 0 Å². The number of hydrogen-bond donors (Lipinski definition) is 0. The minimum absolute atomic E-state index is 0.287. The Morgan fingerprint density at radius 2 is 2.20 bits per heavy atom. The lowest BCUT2D eigenvalue weighted by Gasteiger charge is -2.24. The highest BCUT2D eigenvalue weighted by Crippen LogP contribution is 2.33. The van der Waals surface area contributed by atoms with Crippen LogP contribution in [0.15, 0.2) is 18.2 Å². The van der Waals surface area contributed by atoms with Crippen molar-refractivity contribution in [2.24, 2.45) is 0 Å². The standard InChI is InChI=1S/C18H23NO/c1-4-5-6-14-8-10-15-13(3)16-9-7-12(2)20-18(16)19-17(15)11-14/h8,10-12H,4-7,9H2,1-3H3. The lowest BCUT2D eigenvalue weighted by Crippen LogP contribution is -2.20. The predicted octanol–water partition coefficient (Wildman–Crippen LogP) is 4.60. The summed E-state index contributed by atoms with van der Waals surface area (Å²) in [4.78, 5) is 4.77. The van der Waals surface area contributed by atoms with E-state index in [4.69, 9.17) is 9.72 Å². The zero-order chi connectivity index (χ0) is 14.1. The number of aromatic nitrogens is 1. The first kappa shape index (κ1) is 13.4. The van der Waals surface area contributed by atoms with Gasteiger partial charge in [0.05, 0.1) is 11.6 Å². The van der Waals surface area contributed by atoms with Crippen LogP contribution in [0.3, 0.4) is 0 Å². The van der Waals surface area contributed by atoms with Crippen molar-refractivity contribution in [2.75, 3.05) is 0 Å². The van der Waals surface area contributed by atoms with Crippen LogP contribution in [-0.4, -0.2) is 11.1 Å². The summed E-state index contributed by atoms with van der Waals surface area (Å²) in [6.45, 7) is 6.56. The second-order valence-electron chi connectivity index (χ2n) is 5.94. The summed E-state index contributed by atoms with van der Waals surface area (Å²) < 4.78 is 5.93. The zero-order valence-corrected chi connectivity index (χ0v) is 12.7. The molecule has 0 N–H and O–H groups in total. The van der Waals surface area contributed by atoms with Crippen molar-refractivity contribution in [3.05, 3.63) is 34.9 Å². The molecule has 1 aliphatic rings. The largest absolute Gasteiger partial charge is 0.474 e. The summed E-state index contributed by atoms with van der Waals surface area (Å²) in [5, 5.41) is 1.28. The van der Waals surface area contributed by atoms with Crippen molar-refractivity contribution in [3.8, 4) is 5.88 Å². The minimum Gasteiger partial charge on any atom is -0.474 e. The number of hydrogen-bond acceptors (Lipinski definition) is 2. The van der Waals surface area contributed by atoms with E-state index in [0.717, 1.165) is 30.7 Å². The highest BCUT2D eigenvalue weighted by molar-refractivity contribution is 5.84. The van der Waals surface area contributed by atoms with Gasteiger partial charge in [0.2, 0.25) is 5.88 Å². The maximum atomic E-state index is 5.93. The molecule has 0 radical (unpaired) electrons. The van der Waals surface area contributed by atoms with E-state index in [1.807, 2.05) is 0 Å². The second kappa shape index (κ2) is 5.43. The Bertz CT molecular complexity index is 633. The van der Waals surface area contributed by atoms with Gasteiger partial charge in [-0.25, -0.2) is 4.98 Å². The Morgan fingerprint density at radius 3 is 3.00 bits per heavy atom. The Kier molecular flexibility index (Phi) is 3.64. The average Bonchev–Trinajstić information content (AvgIpc) is 2.44. The van der Waals surface area contributed by atoms with Gasteiger partial charge in [0, 0.05) is 10.9 Å². The van der Waals surface area contributed by atoms with Crippen LogP contribution >= 0.6 is 0 Å². The molecule has 20 heavy (non-hydrogen) atoms. The van der Waals surface area contributed by atoms with Gasteiger partial charge < -0.3 is 4.74 Å². The molecule has 0 bridgehead atoms. The highest BCUT2D eigenvalue weighted by atomic mass is 16.5. The smallest absolute Gasteiger partial charge is 0.217 e. The van der Waals surface area contributed by atoms with Crippen LogP contribution in [0.1, 0.15) is 49.8 Å². The number of rotatable bonds is 3. The molecule has 3 rings (SSSR count). The number of unbranched alkanes of at least 4 members (excludes halogenated alkanes) is 1. The fourth-order valence-electron chi connectivity index (χ4n) is 3.01. The van der Waals surface area contributed by atoms with Gasteiger partial charge in [-0.2, -0.15) is 0 Å². The van der Waals surface area contributed by atoms with Crippen LogP contribution in [0.25, 0.3) is 10.9 Å². The van der Waals surface area contributed by atoms with Crippen molar-refractivity contribution in [2.45, 2.75) is 59.0 Å². The molecule has 0 saturated heterocycles. The summed E-state index contributed by atoms with van der Waals surface area (Å²) in [5.41, 5.74) is 5.12. The van der Waals surface area contributed by atoms with Gasteiger partial charge in [-0.15, -0.1) is 0 Å².